The number of ether oxygens (including phenoxy) is 2. The van der Waals surface area contributed by atoms with Crippen LogP contribution in [0.3, 0.4) is 0 Å². The van der Waals surface area contributed by atoms with E-state index in [1.807, 2.05) is 47.2 Å². The van der Waals surface area contributed by atoms with Crippen molar-refractivity contribution in [1.82, 2.24) is 46.2 Å². The fourth-order valence-corrected chi connectivity index (χ4v) is 7.79. The third-order valence-corrected chi connectivity index (χ3v) is 12.1. The molecule has 3 atom stereocenters. The lowest BCUT2D eigenvalue weighted by molar-refractivity contribution is -0.149. The Balaban J connectivity index is 1.74. The molecule has 1 aliphatic rings. The molecule has 0 aliphatic carbocycles. The van der Waals surface area contributed by atoms with Crippen LogP contribution in [0.4, 0.5) is 4.79 Å². The number of carbonyl (C=O) groups is 10. The molecule has 9 N–H and O–H groups in total. The van der Waals surface area contributed by atoms with Gasteiger partial charge >= 0.3 is 41.8 Å². The van der Waals surface area contributed by atoms with Gasteiger partial charge in [0.05, 0.1) is 26.7 Å². The molecule has 2 rings (SSSR count). The monoisotopic (exact) mass is 1050 g/mol. The Hall–Kier alpha value is -6.44. The lowest BCUT2D eigenvalue weighted by Crippen LogP contribution is -2.51. The highest BCUT2D eigenvalue weighted by Gasteiger charge is 2.27. The number of esters is 2. The Bertz CT molecular complexity index is 1930. The van der Waals surface area contributed by atoms with Crippen molar-refractivity contribution in [3.63, 3.8) is 0 Å². The molecule has 0 spiro atoms. The van der Waals surface area contributed by atoms with Gasteiger partial charge < -0.3 is 61.4 Å². The number of likely N-dealkylation sites (N-methyl/N-ethyl adjacent to an activating group) is 1. The van der Waals surface area contributed by atoms with Crippen LogP contribution in [0.2, 0.25) is 0 Å². The Morgan fingerprint density at radius 3 is 1.47 bits per heavy atom. The summed E-state index contributed by atoms with van der Waals surface area (Å²) in [6, 6.07) is 4.65. The zero-order valence-electron chi connectivity index (χ0n) is 42.9. The molecular formula is C49H79N9O16. The smallest absolute Gasteiger partial charge is 0.328 e. The fourth-order valence-electron chi connectivity index (χ4n) is 7.79. The van der Waals surface area contributed by atoms with Crippen molar-refractivity contribution in [3.05, 3.63) is 35.9 Å². The first-order valence-electron chi connectivity index (χ1n) is 25.3. The SMILES string of the molecule is COC(=O)[C@H](CCC(=O)O)NC(=O)N[C@@H](CCCCNC(=O)CCCCCCC(=O)NCCCCC(NC(=O)CN1CCN(C)CCN(CC(=O)O)CCN(CC(=O)O)CC1)C(=O)OCc1ccccc1)C(=O)O. The number of hydrogen-bond acceptors (Lipinski definition) is 16. The molecule has 416 valence electrons. The average molecular weight is 1050 g/mol. The highest BCUT2D eigenvalue weighted by atomic mass is 16.5. The summed E-state index contributed by atoms with van der Waals surface area (Å²) in [6.07, 6.45) is 4.69. The van der Waals surface area contributed by atoms with Gasteiger partial charge in [0.2, 0.25) is 17.7 Å². The summed E-state index contributed by atoms with van der Waals surface area (Å²) in [4.78, 5) is 129. The van der Waals surface area contributed by atoms with Crippen LogP contribution in [0.25, 0.3) is 0 Å². The maximum atomic E-state index is 13.6. The van der Waals surface area contributed by atoms with Gasteiger partial charge in [0, 0.05) is 84.7 Å². The normalized spacial score (nSPS) is 15.4. The first kappa shape index (κ1) is 63.7. The molecule has 0 aromatic heterocycles. The number of urea groups is 1. The molecule has 0 saturated carbocycles. The van der Waals surface area contributed by atoms with Gasteiger partial charge in [0.25, 0.3) is 0 Å². The molecule has 74 heavy (non-hydrogen) atoms. The van der Waals surface area contributed by atoms with Crippen LogP contribution >= 0.6 is 0 Å². The van der Waals surface area contributed by atoms with Crippen molar-refractivity contribution in [2.24, 2.45) is 0 Å². The molecule has 1 heterocycles. The lowest BCUT2D eigenvalue weighted by Gasteiger charge is -2.32. The number of nitrogens with one attached hydrogen (secondary N) is 5. The minimum atomic E-state index is -1.30. The van der Waals surface area contributed by atoms with Crippen LogP contribution in [-0.2, 0) is 59.2 Å². The summed E-state index contributed by atoms with van der Waals surface area (Å²) in [5.74, 6) is -6.64. The van der Waals surface area contributed by atoms with E-state index in [2.05, 4.69) is 31.3 Å². The molecule has 25 heteroatoms. The van der Waals surface area contributed by atoms with Gasteiger partial charge in [0.1, 0.15) is 24.7 Å². The van der Waals surface area contributed by atoms with E-state index in [0.717, 1.165) is 25.5 Å². The topological polar surface area (TPSA) is 343 Å². The highest BCUT2D eigenvalue weighted by Crippen LogP contribution is 2.10. The second kappa shape index (κ2) is 37.3. The summed E-state index contributed by atoms with van der Waals surface area (Å²) < 4.78 is 10.2. The number of aliphatic carboxylic acids is 4. The zero-order chi connectivity index (χ0) is 54.7. The Kier molecular flexibility index (Phi) is 32.1. The van der Waals surface area contributed by atoms with Gasteiger partial charge in [-0.3, -0.25) is 43.5 Å². The standard InChI is InChI=1S/C49H79N9O16/c1-55-24-26-56(28-29-58(34-45(66)67)31-30-57(27-25-55)33-44(64)65)32-42(61)52-38(48(71)74-35-36-14-6-5-7-15-36)17-11-13-23-51-41(60)19-9-4-3-8-18-40(59)50-22-12-10-16-37(46(68)69)53-49(72)54-39(47(70)73-2)20-21-43(62)63/h5-7,14-15,37-39H,3-4,8-13,16-35H2,1-2H3,(H,50,59)(H,51,60)(H,52,61)(H,62,63)(H,64,65)(H,66,67)(H,68,69)(H2,53,54,72)/t37-,38?,39-/m0/s1. The molecule has 5 amide bonds. The Morgan fingerprint density at radius 1 is 0.514 bits per heavy atom. The van der Waals surface area contributed by atoms with E-state index in [9.17, 15) is 63.3 Å². The number of benzene rings is 1. The number of unbranched alkanes of at least 4 members (excludes halogenated alkanes) is 5. The largest absolute Gasteiger partial charge is 0.481 e. The molecule has 0 bridgehead atoms. The van der Waals surface area contributed by atoms with Gasteiger partial charge in [-0.2, -0.15) is 0 Å². The first-order valence-corrected chi connectivity index (χ1v) is 25.3. The Labute approximate surface area is 432 Å². The molecule has 1 saturated heterocycles. The number of nitrogens with zero attached hydrogens (tertiary/aromatic N) is 4. The third kappa shape index (κ3) is 30.6. The van der Waals surface area contributed by atoms with Crippen LogP contribution in [0.5, 0.6) is 0 Å². The number of carboxylic acids is 4. The maximum absolute atomic E-state index is 13.6. The van der Waals surface area contributed by atoms with E-state index >= 15 is 0 Å². The minimum absolute atomic E-state index is 0.0189. The second-order valence-corrected chi connectivity index (χ2v) is 18.3. The van der Waals surface area contributed by atoms with Crippen molar-refractivity contribution in [2.45, 2.75) is 115 Å². The van der Waals surface area contributed by atoms with Crippen LogP contribution in [0.1, 0.15) is 95.5 Å². The van der Waals surface area contributed by atoms with Gasteiger partial charge in [-0.1, -0.05) is 43.2 Å². The van der Waals surface area contributed by atoms with Crippen LogP contribution in [0, 0.1) is 0 Å². The summed E-state index contributed by atoms with van der Waals surface area (Å²) in [6.45, 7) is 3.63. The van der Waals surface area contributed by atoms with Gasteiger partial charge in [0.15, 0.2) is 0 Å². The number of hydrogen-bond donors (Lipinski definition) is 9. The number of rotatable bonds is 34. The molecule has 25 nitrogen and oxygen atoms in total. The number of carboxylic acid groups (broad SMARTS) is 4. The number of methoxy groups -OCH3 is 1. The van der Waals surface area contributed by atoms with Crippen molar-refractivity contribution >= 4 is 59.6 Å². The number of carbonyl (C=O) groups excluding carboxylic acids is 6. The molecular weight excluding hydrogens is 971 g/mol. The van der Waals surface area contributed by atoms with E-state index in [1.54, 1.807) is 9.80 Å². The average Bonchev–Trinajstić information content (AvgIpc) is 3.35. The first-order chi connectivity index (χ1) is 35.3. The van der Waals surface area contributed by atoms with E-state index in [0.29, 0.717) is 110 Å². The minimum Gasteiger partial charge on any atom is -0.481 e. The lowest BCUT2D eigenvalue weighted by atomic mass is 10.1. The molecule has 1 aliphatic heterocycles. The number of amides is 5. The van der Waals surface area contributed by atoms with Crippen molar-refractivity contribution < 1.29 is 77.8 Å². The van der Waals surface area contributed by atoms with Crippen LogP contribution in [-0.4, -0.2) is 217 Å². The maximum Gasteiger partial charge on any atom is 0.328 e. The summed E-state index contributed by atoms with van der Waals surface area (Å²) in [5, 5.41) is 50.4. The van der Waals surface area contributed by atoms with Crippen molar-refractivity contribution in [2.75, 3.05) is 99.2 Å². The van der Waals surface area contributed by atoms with Crippen molar-refractivity contribution in [1.29, 1.82) is 0 Å². The summed E-state index contributed by atoms with van der Waals surface area (Å²) in [5.41, 5.74) is 0.782. The van der Waals surface area contributed by atoms with Gasteiger partial charge in [-0.25, -0.2) is 19.2 Å². The molecule has 1 aromatic rings. The van der Waals surface area contributed by atoms with Crippen LogP contribution < -0.4 is 26.6 Å². The van der Waals surface area contributed by atoms with E-state index < -0.39 is 72.3 Å². The fraction of sp³-hybridized carbons (Fsp3) is 0.673. The highest BCUT2D eigenvalue weighted by molar-refractivity contribution is 5.87. The molecule has 0 radical (unpaired) electrons. The van der Waals surface area contributed by atoms with E-state index in [4.69, 9.17) is 9.84 Å². The summed E-state index contributed by atoms with van der Waals surface area (Å²) >= 11 is 0. The quantitative estimate of drug-likeness (QED) is 0.0331. The van der Waals surface area contributed by atoms with Crippen LogP contribution in [0.15, 0.2) is 30.3 Å². The van der Waals surface area contributed by atoms with E-state index in [1.165, 1.54) is 0 Å². The predicted octanol–water partition coefficient (Wildman–Crippen LogP) is 0.308. The zero-order valence-corrected chi connectivity index (χ0v) is 42.9. The van der Waals surface area contributed by atoms with Crippen molar-refractivity contribution in [3.8, 4) is 0 Å². The summed E-state index contributed by atoms with van der Waals surface area (Å²) in [7, 11) is 2.98. The molecule has 1 fully saturated rings. The third-order valence-electron chi connectivity index (χ3n) is 12.1. The Morgan fingerprint density at radius 2 is 0.986 bits per heavy atom. The molecule has 1 unspecified atom stereocenters. The molecule has 1 aromatic carbocycles. The van der Waals surface area contributed by atoms with Gasteiger partial charge in [-0.15, -0.1) is 0 Å². The van der Waals surface area contributed by atoms with E-state index in [-0.39, 0.29) is 63.7 Å². The predicted molar refractivity (Wildman–Crippen MR) is 267 cm³/mol. The van der Waals surface area contributed by atoms with Gasteiger partial charge in [-0.05, 0) is 70.4 Å². The second-order valence-electron chi connectivity index (χ2n) is 18.3.